The van der Waals surface area contributed by atoms with Crippen LogP contribution in [0, 0.1) is 6.92 Å². The molecule has 1 aliphatic heterocycles. The number of aryl methyl sites for hydroxylation is 2. The fraction of sp³-hybridized carbons (Fsp3) is 0.526. The third-order valence-corrected chi connectivity index (χ3v) is 6.35. The van der Waals surface area contributed by atoms with Crippen molar-refractivity contribution in [2.45, 2.75) is 59.0 Å². The summed E-state index contributed by atoms with van der Waals surface area (Å²) in [4.78, 5) is 24.3. The van der Waals surface area contributed by atoms with E-state index in [1.165, 1.54) is 36.8 Å². The van der Waals surface area contributed by atoms with Crippen molar-refractivity contribution in [3.8, 4) is 0 Å². The molecule has 0 unspecified atom stereocenters. The number of amides is 1. The van der Waals surface area contributed by atoms with Gasteiger partial charge in [-0.15, -0.1) is 11.3 Å². The zero-order valence-electron chi connectivity index (χ0n) is 14.9. The van der Waals surface area contributed by atoms with E-state index in [-0.39, 0.29) is 5.91 Å². The Hall–Kier alpha value is -1.95. The van der Waals surface area contributed by atoms with Gasteiger partial charge < -0.3 is 10.2 Å². The zero-order valence-corrected chi connectivity index (χ0v) is 15.7. The normalized spacial score (nSPS) is 16.3. The number of carbonyl (C=O) groups excluding carboxylic acids is 1. The fourth-order valence-electron chi connectivity index (χ4n) is 3.86. The van der Waals surface area contributed by atoms with Crippen molar-refractivity contribution in [2.24, 2.45) is 0 Å². The molecule has 1 aliphatic carbocycles. The Bertz CT molecular complexity index is 814. The van der Waals surface area contributed by atoms with Gasteiger partial charge in [-0.25, -0.2) is 9.97 Å². The topological polar surface area (TPSA) is 58.1 Å². The molecule has 132 valence electrons. The van der Waals surface area contributed by atoms with E-state index in [1.807, 2.05) is 23.2 Å². The summed E-state index contributed by atoms with van der Waals surface area (Å²) in [6.45, 7) is 5.71. The molecule has 1 N–H and O–H groups in total. The van der Waals surface area contributed by atoms with Gasteiger partial charge in [-0.05, 0) is 55.5 Å². The molecule has 0 atom stereocenters. The second-order valence-electron chi connectivity index (χ2n) is 6.96. The lowest BCUT2D eigenvalue weighted by Gasteiger charge is -2.28. The minimum absolute atomic E-state index is 0.112. The molecule has 5 nitrogen and oxygen atoms in total. The van der Waals surface area contributed by atoms with Gasteiger partial charge in [0, 0.05) is 30.5 Å². The summed E-state index contributed by atoms with van der Waals surface area (Å²) in [7, 11) is 0. The summed E-state index contributed by atoms with van der Waals surface area (Å²) >= 11 is 1.91. The highest BCUT2D eigenvalue weighted by atomic mass is 32.1. The maximum atomic E-state index is 11.7. The molecule has 0 radical (unpaired) electrons. The third kappa shape index (κ3) is 3.27. The highest BCUT2D eigenvalue weighted by Gasteiger charge is 2.23. The number of rotatable bonds is 3. The van der Waals surface area contributed by atoms with Crippen molar-refractivity contribution in [3.63, 3.8) is 0 Å². The highest BCUT2D eigenvalue weighted by Crippen LogP contribution is 2.31. The lowest BCUT2D eigenvalue weighted by atomic mass is 9.96. The van der Waals surface area contributed by atoms with Gasteiger partial charge >= 0.3 is 0 Å². The molecule has 4 rings (SSSR count). The maximum Gasteiger partial charge on any atom is 0.219 e. The first-order valence-corrected chi connectivity index (χ1v) is 9.93. The molecular weight excluding hydrogens is 332 g/mol. The van der Waals surface area contributed by atoms with Gasteiger partial charge in [0.15, 0.2) is 0 Å². The number of anilines is 1. The molecule has 6 heteroatoms. The molecular formula is C19H24N4OS. The average Bonchev–Trinajstić information content (AvgIpc) is 3.02. The number of thiophene rings is 1. The first kappa shape index (κ1) is 16.5. The molecule has 0 spiro atoms. The van der Waals surface area contributed by atoms with E-state index in [4.69, 9.17) is 0 Å². The van der Waals surface area contributed by atoms with E-state index in [0.29, 0.717) is 6.54 Å². The molecule has 2 aromatic heterocycles. The van der Waals surface area contributed by atoms with Crippen LogP contribution in [0.25, 0.3) is 0 Å². The van der Waals surface area contributed by atoms with Crippen LogP contribution in [0.1, 0.15) is 52.9 Å². The maximum absolute atomic E-state index is 11.7. The number of fused-ring (bicyclic) bond motifs is 2. The van der Waals surface area contributed by atoms with E-state index in [1.54, 1.807) is 17.4 Å². The Balaban J connectivity index is 1.55. The average molecular weight is 356 g/mol. The van der Waals surface area contributed by atoms with Gasteiger partial charge in [-0.2, -0.15) is 0 Å². The van der Waals surface area contributed by atoms with E-state index < -0.39 is 0 Å². The number of carbonyl (C=O) groups is 1. The van der Waals surface area contributed by atoms with E-state index in [0.717, 1.165) is 36.8 Å². The minimum atomic E-state index is 0.112. The van der Waals surface area contributed by atoms with Gasteiger partial charge in [-0.3, -0.25) is 4.79 Å². The van der Waals surface area contributed by atoms with Crippen LogP contribution in [-0.4, -0.2) is 27.3 Å². The van der Waals surface area contributed by atoms with Crippen LogP contribution in [0.2, 0.25) is 0 Å². The van der Waals surface area contributed by atoms with Crippen LogP contribution in [0.15, 0.2) is 5.38 Å². The summed E-state index contributed by atoms with van der Waals surface area (Å²) in [5, 5.41) is 5.87. The van der Waals surface area contributed by atoms with Crippen LogP contribution in [-0.2, 0) is 37.1 Å². The van der Waals surface area contributed by atoms with Crippen molar-refractivity contribution < 1.29 is 4.79 Å². The van der Waals surface area contributed by atoms with Gasteiger partial charge in [0.2, 0.25) is 5.91 Å². The summed E-state index contributed by atoms with van der Waals surface area (Å²) < 4.78 is 0. The Morgan fingerprint density at radius 1 is 1.24 bits per heavy atom. The van der Waals surface area contributed by atoms with Crippen LogP contribution in [0.5, 0.6) is 0 Å². The smallest absolute Gasteiger partial charge is 0.219 e. The number of aromatic nitrogens is 2. The predicted molar refractivity (Wildman–Crippen MR) is 99.9 cm³/mol. The van der Waals surface area contributed by atoms with Crippen LogP contribution in [0.4, 0.5) is 5.82 Å². The Morgan fingerprint density at radius 3 is 2.92 bits per heavy atom. The Morgan fingerprint density at radius 2 is 2.08 bits per heavy atom. The summed E-state index contributed by atoms with van der Waals surface area (Å²) in [5.41, 5.74) is 5.15. The number of hydrogen-bond donors (Lipinski definition) is 1. The summed E-state index contributed by atoms with van der Waals surface area (Å²) in [6.07, 6.45) is 5.90. The monoisotopic (exact) mass is 356 g/mol. The second-order valence-corrected chi connectivity index (χ2v) is 7.92. The Kier molecular flexibility index (Phi) is 4.46. The molecule has 0 saturated carbocycles. The number of nitrogens with zero attached hydrogens (tertiary/aromatic N) is 3. The van der Waals surface area contributed by atoms with Gasteiger partial charge in [0.25, 0.3) is 0 Å². The molecule has 1 amide bonds. The molecule has 0 bridgehead atoms. The number of hydrogen-bond acceptors (Lipinski definition) is 5. The van der Waals surface area contributed by atoms with Gasteiger partial charge in [-0.1, -0.05) is 0 Å². The van der Waals surface area contributed by atoms with Crippen molar-refractivity contribution in [2.75, 3.05) is 11.9 Å². The third-order valence-electron chi connectivity index (χ3n) is 5.22. The predicted octanol–water partition coefficient (Wildman–Crippen LogP) is 3.24. The van der Waals surface area contributed by atoms with E-state index >= 15 is 0 Å². The quantitative estimate of drug-likeness (QED) is 0.917. The Labute approximate surface area is 152 Å². The van der Waals surface area contributed by atoms with Gasteiger partial charge in [0.1, 0.15) is 11.6 Å². The first-order chi connectivity index (χ1) is 12.1. The largest absolute Gasteiger partial charge is 0.366 e. The standard InChI is InChI=1S/C19H24N4OS/c1-12-21-17-10-23(13(2)24)8-7-16(17)19(22-12)20-9-14-11-25-18-6-4-3-5-15(14)18/h11H,3-10H2,1-2H3,(H,20,21,22). The summed E-state index contributed by atoms with van der Waals surface area (Å²) in [5.74, 6) is 1.82. The summed E-state index contributed by atoms with van der Waals surface area (Å²) in [6, 6.07) is 0. The second kappa shape index (κ2) is 6.75. The van der Waals surface area contributed by atoms with Crippen LogP contribution in [0.3, 0.4) is 0 Å². The van der Waals surface area contributed by atoms with E-state index in [2.05, 4.69) is 20.7 Å². The highest BCUT2D eigenvalue weighted by molar-refractivity contribution is 7.10. The van der Waals surface area contributed by atoms with Crippen LogP contribution >= 0.6 is 11.3 Å². The molecule has 25 heavy (non-hydrogen) atoms. The minimum Gasteiger partial charge on any atom is -0.366 e. The van der Waals surface area contributed by atoms with Crippen molar-refractivity contribution in [1.29, 1.82) is 0 Å². The molecule has 2 aromatic rings. The zero-order chi connectivity index (χ0) is 17.4. The lowest BCUT2D eigenvalue weighted by molar-refractivity contribution is -0.129. The molecule has 2 aliphatic rings. The molecule has 0 aromatic carbocycles. The number of nitrogens with one attached hydrogen (secondary N) is 1. The van der Waals surface area contributed by atoms with Crippen molar-refractivity contribution >= 4 is 23.1 Å². The molecule has 0 fully saturated rings. The molecule has 0 saturated heterocycles. The lowest BCUT2D eigenvalue weighted by Crippen LogP contribution is -2.35. The van der Waals surface area contributed by atoms with Gasteiger partial charge in [0.05, 0.1) is 12.2 Å². The van der Waals surface area contributed by atoms with E-state index in [9.17, 15) is 4.79 Å². The fourth-order valence-corrected chi connectivity index (χ4v) is 5.00. The molecule has 3 heterocycles. The van der Waals surface area contributed by atoms with Crippen molar-refractivity contribution in [3.05, 3.63) is 38.5 Å². The van der Waals surface area contributed by atoms with Crippen LogP contribution < -0.4 is 5.32 Å². The SMILES string of the molecule is CC(=O)N1CCc2c(nc(C)nc2NCc2csc3c2CCCC3)C1. The van der Waals surface area contributed by atoms with Crippen molar-refractivity contribution in [1.82, 2.24) is 14.9 Å². The first-order valence-electron chi connectivity index (χ1n) is 9.05.